The molecule has 9 heteroatoms. The van der Waals surface area contributed by atoms with E-state index in [9.17, 15) is 9.59 Å². The highest BCUT2D eigenvalue weighted by Gasteiger charge is 2.15. The lowest BCUT2D eigenvalue weighted by molar-refractivity contribution is -0.118. The van der Waals surface area contributed by atoms with E-state index in [1.807, 2.05) is 42.5 Å². The average molecular weight is 529 g/mol. The number of carbonyl (C=O) groups is 1. The minimum atomic E-state index is -0.342. The first kappa shape index (κ1) is 24.5. The number of fused-ring (bicyclic) bond motifs is 2. The van der Waals surface area contributed by atoms with E-state index >= 15 is 0 Å². The minimum absolute atomic E-state index is 0.00236. The molecule has 5 aromatic rings. The van der Waals surface area contributed by atoms with Crippen LogP contribution in [0.5, 0.6) is 5.75 Å². The van der Waals surface area contributed by atoms with Gasteiger partial charge in [-0.2, -0.15) is 5.10 Å². The normalized spacial score (nSPS) is 11.3. The molecule has 0 radical (unpaired) electrons. The number of benzene rings is 4. The molecule has 1 aromatic heterocycles. The monoisotopic (exact) mass is 528 g/mol. The number of rotatable bonds is 7. The summed E-state index contributed by atoms with van der Waals surface area (Å²) < 4.78 is 6.96. The summed E-state index contributed by atoms with van der Waals surface area (Å²) in [5, 5.41) is 7.58. The Morgan fingerprint density at radius 2 is 1.76 bits per heavy atom. The second-order valence-corrected chi connectivity index (χ2v) is 9.39. The summed E-state index contributed by atoms with van der Waals surface area (Å²) >= 11 is 7.19. The van der Waals surface area contributed by atoms with Crippen LogP contribution in [0.15, 0.2) is 100.0 Å². The van der Waals surface area contributed by atoms with E-state index < -0.39 is 0 Å². The number of ether oxygens (including phenoxy) is 1. The number of nitrogens with one attached hydrogen (secondary N) is 1. The molecule has 7 nitrogen and oxygen atoms in total. The quantitative estimate of drug-likeness (QED) is 0.131. The predicted octanol–water partition coefficient (Wildman–Crippen LogP) is 5.44. The van der Waals surface area contributed by atoms with Crippen LogP contribution < -0.4 is 15.7 Å². The lowest BCUT2D eigenvalue weighted by Crippen LogP contribution is -2.24. The zero-order valence-electron chi connectivity index (χ0n) is 19.7. The van der Waals surface area contributed by atoms with Crippen molar-refractivity contribution < 1.29 is 9.53 Å². The third kappa shape index (κ3) is 5.21. The number of methoxy groups -OCH3 is 1. The van der Waals surface area contributed by atoms with Crippen molar-refractivity contribution in [2.45, 2.75) is 5.16 Å². The van der Waals surface area contributed by atoms with Crippen LogP contribution in [0.25, 0.3) is 27.4 Å². The summed E-state index contributed by atoms with van der Waals surface area (Å²) in [6.45, 7) is 0. The van der Waals surface area contributed by atoms with Crippen molar-refractivity contribution in [3.05, 3.63) is 106 Å². The van der Waals surface area contributed by atoms with Gasteiger partial charge in [0.25, 0.3) is 11.5 Å². The molecule has 0 aliphatic carbocycles. The third-order valence-corrected chi connectivity index (χ3v) is 6.89. The van der Waals surface area contributed by atoms with Crippen LogP contribution in [0, 0.1) is 0 Å². The van der Waals surface area contributed by atoms with Gasteiger partial charge < -0.3 is 4.74 Å². The number of amides is 1. The Labute approximate surface area is 221 Å². The average Bonchev–Trinajstić information content (AvgIpc) is 2.93. The van der Waals surface area contributed by atoms with Gasteiger partial charge in [-0.05, 0) is 53.2 Å². The highest BCUT2D eigenvalue weighted by atomic mass is 35.5. The molecule has 0 spiro atoms. The Balaban J connectivity index is 1.38. The highest BCUT2D eigenvalue weighted by molar-refractivity contribution is 7.99. The number of halogens is 1. The largest absolute Gasteiger partial charge is 0.496 e. The van der Waals surface area contributed by atoms with Crippen molar-refractivity contribution in [1.29, 1.82) is 0 Å². The van der Waals surface area contributed by atoms with Crippen molar-refractivity contribution in [3.63, 3.8) is 0 Å². The number of hydrogen-bond donors (Lipinski definition) is 1. The van der Waals surface area contributed by atoms with Gasteiger partial charge in [0.1, 0.15) is 5.75 Å². The standard InChI is InChI=1S/C28H21ClN4O3S/c1-36-25-15-10-18-6-2-3-7-21(18)23(25)16-30-32-26(34)17-37-28-31-24-9-5-4-8-22(24)27(35)33(28)20-13-11-19(29)12-14-20/h2-16H,17H2,1H3,(H,32,34). The second kappa shape index (κ2) is 10.9. The second-order valence-electron chi connectivity index (χ2n) is 8.01. The molecule has 0 saturated heterocycles. The van der Waals surface area contributed by atoms with Crippen LogP contribution in [0.1, 0.15) is 5.56 Å². The van der Waals surface area contributed by atoms with E-state index in [1.54, 1.807) is 55.8 Å². The molecule has 0 fully saturated rings. The van der Waals surface area contributed by atoms with Crippen molar-refractivity contribution in [2.75, 3.05) is 12.9 Å². The summed E-state index contributed by atoms with van der Waals surface area (Å²) in [4.78, 5) is 30.6. The Morgan fingerprint density at radius 3 is 2.54 bits per heavy atom. The first-order valence-corrected chi connectivity index (χ1v) is 12.7. The summed E-state index contributed by atoms with van der Waals surface area (Å²) in [5.74, 6) is 0.312. The smallest absolute Gasteiger partial charge is 0.266 e. The maximum absolute atomic E-state index is 13.3. The molecular formula is C28H21ClN4O3S. The van der Waals surface area contributed by atoms with Crippen molar-refractivity contribution in [1.82, 2.24) is 15.0 Å². The fourth-order valence-electron chi connectivity index (χ4n) is 3.94. The number of thioether (sulfide) groups is 1. The Hall–Kier alpha value is -4.14. The predicted molar refractivity (Wildman–Crippen MR) is 149 cm³/mol. The maximum atomic E-state index is 13.3. The number of hydrazone groups is 1. The van der Waals surface area contributed by atoms with Crippen LogP contribution in [0.2, 0.25) is 5.02 Å². The van der Waals surface area contributed by atoms with Crippen LogP contribution >= 0.6 is 23.4 Å². The Morgan fingerprint density at radius 1 is 1.03 bits per heavy atom. The van der Waals surface area contributed by atoms with Crippen LogP contribution in [0.4, 0.5) is 0 Å². The molecular weight excluding hydrogens is 508 g/mol. The van der Waals surface area contributed by atoms with Crippen molar-refractivity contribution >= 4 is 57.2 Å². The molecule has 37 heavy (non-hydrogen) atoms. The first-order chi connectivity index (χ1) is 18.0. The van der Waals surface area contributed by atoms with Crippen molar-refractivity contribution in [2.24, 2.45) is 5.10 Å². The Bertz CT molecular complexity index is 1700. The van der Waals surface area contributed by atoms with Gasteiger partial charge in [0.05, 0.1) is 35.7 Å². The lowest BCUT2D eigenvalue weighted by atomic mass is 10.0. The molecule has 5 rings (SSSR count). The van der Waals surface area contributed by atoms with Crippen LogP contribution in [0.3, 0.4) is 0 Å². The van der Waals surface area contributed by atoms with E-state index in [0.717, 1.165) is 28.1 Å². The van der Waals surface area contributed by atoms with Gasteiger partial charge in [0.15, 0.2) is 5.16 Å². The number of aromatic nitrogens is 2. The molecule has 0 aliphatic rings. The molecule has 1 N–H and O–H groups in total. The van der Waals surface area contributed by atoms with Gasteiger partial charge in [0, 0.05) is 10.6 Å². The van der Waals surface area contributed by atoms with Crippen LogP contribution in [-0.4, -0.2) is 34.5 Å². The number of hydrogen-bond acceptors (Lipinski definition) is 6. The number of nitrogens with zero attached hydrogens (tertiary/aromatic N) is 3. The molecule has 0 aliphatic heterocycles. The van der Waals surface area contributed by atoms with Crippen LogP contribution in [-0.2, 0) is 4.79 Å². The molecule has 0 atom stereocenters. The summed E-state index contributed by atoms with van der Waals surface area (Å²) in [6, 6.07) is 25.7. The van der Waals surface area contributed by atoms with Gasteiger partial charge >= 0.3 is 0 Å². The van der Waals surface area contributed by atoms with Gasteiger partial charge in [-0.3, -0.25) is 14.2 Å². The highest BCUT2D eigenvalue weighted by Crippen LogP contribution is 2.26. The number of para-hydroxylation sites is 1. The van der Waals surface area contributed by atoms with Gasteiger partial charge in [-0.1, -0.05) is 65.8 Å². The fraction of sp³-hybridized carbons (Fsp3) is 0.0714. The van der Waals surface area contributed by atoms with Gasteiger partial charge in [0.2, 0.25) is 0 Å². The summed E-state index contributed by atoms with van der Waals surface area (Å²) in [5.41, 5.74) is 4.26. The minimum Gasteiger partial charge on any atom is -0.496 e. The third-order valence-electron chi connectivity index (χ3n) is 5.70. The summed E-state index contributed by atoms with van der Waals surface area (Å²) in [7, 11) is 1.59. The molecule has 184 valence electrons. The topological polar surface area (TPSA) is 85.6 Å². The molecule has 0 unspecified atom stereocenters. The van der Waals surface area contributed by atoms with Gasteiger partial charge in [-0.15, -0.1) is 0 Å². The molecule has 1 heterocycles. The van der Waals surface area contributed by atoms with E-state index in [2.05, 4.69) is 15.5 Å². The fourth-order valence-corrected chi connectivity index (χ4v) is 4.88. The van der Waals surface area contributed by atoms with E-state index in [-0.39, 0.29) is 17.2 Å². The SMILES string of the molecule is COc1ccc2ccccc2c1C=NNC(=O)CSc1nc2ccccc2c(=O)n1-c1ccc(Cl)cc1. The van der Waals surface area contributed by atoms with E-state index in [0.29, 0.717) is 32.5 Å². The molecule has 0 bridgehead atoms. The van der Waals surface area contributed by atoms with E-state index in [4.69, 9.17) is 16.3 Å². The summed E-state index contributed by atoms with van der Waals surface area (Å²) in [6.07, 6.45) is 1.57. The Kier molecular flexibility index (Phi) is 7.20. The van der Waals surface area contributed by atoms with Gasteiger partial charge in [-0.25, -0.2) is 10.4 Å². The van der Waals surface area contributed by atoms with Crippen molar-refractivity contribution in [3.8, 4) is 11.4 Å². The molecule has 1 amide bonds. The first-order valence-electron chi connectivity index (χ1n) is 11.3. The zero-order chi connectivity index (χ0) is 25.8. The molecule has 0 saturated carbocycles. The zero-order valence-corrected chi connectivity index (χ0v) is 21.3. The lowest BCUT2D eigenvalue weighted by Gasteiger charge is -2.13. The maximum Gasteiger partial charge on any atom is 0.266 e. The van der Waals surface area contributed by atoms with E-state index in [1.165, 1.54) is 4.57 Å². The number of carbonyl (C=O) groups excluding carboxylic acids is 1. The molecule has 4 aromatic carbocycles.